The van der Waals surface area contributed by atoms with Crippen LogP contribution in [0.15, 0.2) is 11.7 Å². The average molecular weight is 227 g/mol. The van der Waals surface area contributed by atoms with Gasteiger partial charge in [-0.3, -0.25) is 9.78 Å². The summed E-state index contributed by atoms with van der Waals surface area (Å²) in [6.45, 7) is 4.29. The predicted molar refractivity (Wildman–Crippen MR) is 61.5 cm³/mol. The maximum atomic E-state index is 11.7. The fourth-order valence-corrected chi connectivity index (χ4v) is 1.87. The lowest BCUT2D eigenvalue weighted by molar-refractivity contribution is -0.126. The van der Waals surface area contributed by atoms with E-state index in [1.54, 1.807) is 18.6 Å². The van der Waals surface area contributed by atoms with E-state index in [-0.39, 0.29) is 5.91 Å². The first-order valence-corrected chi connectivity index (χ1v) is 5.89. The average Bonchev–Trinajstić information content (AvgIpc) is 2.66. The third-order valence-electron chi connectivity index (χ3n) is 2.19. The molecule has 1 aromatic rings. The number of thiazole rings is 1. The molecule has 0 bridgehead atoms. The molecule has 0 aromatic carbocycles. The molecule has 3 N–H and O–H groups in total. The topological polar surface area (TPSA) is 68.0 Å². The molecule has 0 aliphatic heterocycles. The standard InChI is InChI=1S/C10H17N3OS/c1-3-4-10(2,11)9(14)13-6-8-5-12-7-15-8/h5,7H,3-4,6,11H2,1-2H3,(H,13,14). The summed E-state index contributed by atoms with van der Waals surface area (Å²) in [4.78, 5) is 16.7. The molecule has 0 radical (unpaired) electrons. The van der Waals surface area contributed by atoms with Gasteiger partial charge in [0.2, 0.25) is 5.91 Å². The number of carbonyl (C=O) groups is 1. The molecule has 1 atom stereocenters. The number of aromatic nitrogens is 1. The molecule has 84 valence electrons. The molecule has 0 aliphatic rings. The highest BCUT2D eigenvalue weighted by atomic mass is 32.1. The first-order valence-electron chi connectivity index (χ1n) is 5.01. The van der Waals surface area contributed by atoms with Gasteiger partial charge in [0.05, 0.1) is 17.6 Å². The minimum atomic E-state index is -0.764. The van der Waals surface area contributed by atoms with Crippen LogP contribution in [-0.4, -0.2) is 16.4 Å². The Morgan fingerprint density at radius 3 is 3.00 bits per heavy atom. The van der Waals surface area contributed by atoms with Crippen LogP contribution in [0.1, 0.15) is 31.6 Å². The minimum absolute atomic E-state index is 0.0993. The molecule has 1 amide bonds. The van der Waals surface area contributed by atoms with Crippen molar-refractivity contribution in [1.29, 1.82) is 0 Å². The number of carbonyl (C=O) groups excluding carboxylic acids is 1. The van der Waals surface area contributed by atoms with E-state index < -0.39 is 5.54 Å². The summed E-state index contributed by atoms with van der Waals surface area (Å²) < 4.78 is 0. The van der Waals surface area contributed by atoms with Gasteiger partial charge in [0.1, 0.15) is 0 Å². The van der Waals surface area contributed by atoms with E-state index in [9.17, 15) is 4.79 Å². The van der Waals surface area contributed by atoms with E-state index in [1.807, 2.05) is 6.92 Å². The van der Waals surface area contributed by atoms with E-state index >= 15 is 0 Å². The van der Waals surface area contributed by atoms with Gasteiger partial charge in [-0.25, -0.2) is 0 Å². The van der Waals surface area contributed by atoms with Crippen molar-refractivity contribution in [3.8, 4) is 0 Å². The summed E-state index contributed by atoms with van der Waals surface area (Å²) in [7, 11) is 0. The zero-order chi connectivity index (χ0) is 11.3. The molecule has 15 heavy (non-hydrogen) atoms. The van der Waals surface area contributed by atoms with Gasteiger partial charge in [0.15, 0.2) is 0 Å². The number of amides is 1. The van der Waals surface area contributed by atoms with Gasteiger partial charge in [-0.1, -0.05) is 13.3 Å². The van der Waals surface area contributed by atoms with Gasteiger partial charge in [-0.15, -0.1) is 11.3 Å². The van der Waals surface area contributed by atoms with Crippen LogP contribution in [0.2, 0.25) is 0 Å². The van der Waals surface area contributed by atoms with E-state index in [4.69, 9.17) is 5.73 Å². The van der Waals surface area contributed by atoms with E-state index in [2.05, 4.69) is 10.3 Å². The lowest BCUT2D eigenvalue weighted by atomic mass is 9.96. The summed E-state index contributed by atoms with van der Waals surface area (Å²) >= 11 is 1.52. The molecule has 1 heterocycles. The molecule has 0 saturated carbocycles. The van der Waals surface area contributed by atoms with Crippen LogP contribution >= 0.6 is 11.3 Å². The highest BCUT2D eigenvalue weighted by Crippen LogP contribution is 2.10. The van der Waals surface area contributed by atoms with Crippen molar-refractivity contribution in [3.05, 3.63) is 16.6 Å². The molecule has 4 nitrogen and oxygen atoms in total. The summed E-state index contributed by atoms with van der Waals surface area (Å²) in [6.07, 6.45) is 3.35. The number of rotatable bonds is 5. The molecule has 0 spiro atoms. The highest BCUT2D eigenvalue weighted by Gasteiger charge is 2.26. The summed E-state index contributed by atoms with van der Waals surface area (Å²) in [5.74, 6) is -0.0993. The van der Waals surface area contributed by atoms with Crippen LogP contribution in [0.5, 0.6) is 0 Å². The molecule has 0 aliphatic carbocycles. The Kier molecular flexibility index (Phi) is 4.23. The number of nitrogens with one attached hydrogen (secondary N) is 1. The second-order valence-electron chi connectivity index (χ2n) is 3.82. The Bertz CT molecular complexity index is 308. The fourth-order valence-electron chi connectivity index (χ4n) is 1.33. The first kappa shape index (κ1) is 12.1. The van der Waals surface area contributed by atoms with E-state index in [0.717, 1.165) is 11.3 Å². The van der Waals surface area contributed by atoms with Crippen molar-refractivity contribution in [2.45, 2.75) is 38.8 Å². The number of hydrogen-bond donors (Lipinski definition) is 2. The van der Waals surface area contributed by atoms with Crippen molar-refractivity contribution in [1.82, 2.24) is 10.3 Å². The molecule has 0 saturated heterocycles. The number of hydrogen-bond acceptors (Lipinski definition) is 4. The number of nitrogens with two attached hydrogens (primary N) is 1. The largest absolute Gasteiger partial charge is 0.350 e. The van der Waals surface area contributed by atoms with Crippen LogP contribution in [-0.2, 0) is 11.3 Å². The predicted octanol–water partition coefficient (Wildman–Crippen LogP) is 1.28. The monoisotopic (exact) mass is 227 g/mol. The van der Waals surface area contributed by atoms with Crippen molar-refractivity contribution < 1.29 is 4.79 Å². The quantitative estimate of drug-likeness (QED) is 0.796. The van der Waals surface area contributed by atoms with Gasteiger partial charge in [0.25, 0.3) is 0 Å². The van der Waals surface area contributed by atoms with Crippen LogP contribution in [0.4, 0.5) is 0 Å². The SMILES string of the molecule is CCCC(C)(N)C(=O)NCc1cncs1. The molecular weight excluding hydrogens is 210 g/mol. The van der Waals surface area contributed by atoms with Crippen molar-refractivity contribution in [3.63, 3.8) is 0 Å². The lowest BCUT2D eigenvalue weighted by Gasteiger charge is -2.22. The van der Waals surface area contributed by atoms with Gasteiger partial charge in [-0.2, -0.15) is 0 Å². The van der Waals surface area contributed by atoms with Crippen LogP contribution < -0.4 is 11.1 Å². The third kappa shape index (κ3) is 3.60. The summed E-state index contributed by atoms with van der Waals surface area (Å²) in [5, 5.41) is 2.82. The van der Waals surface area contributed by atoms with Crippen LogP contribution in [0.3, 0.4) is 0 Å². The van der Waals surface area contributed by atoms with Crippen molar-refractivity contribution in [2.75, 3.05) is 0 Å². The molecule has 5 heteroatoms. The Balaban J connectivity index is 2.42. The fraction of sp³-hybridized carbons (Fsp3) is 0.600. The van der Waals surface area contributed by atoms with Gasteiger partial charge >= 0.3 is 0 Å². The molecule has 0 fully saturated rings. The second-order valence-corrected chi connectivity index (χ2v) is 4.79. The van der Waals surface area contributed by atoms with Gasteiger partial charge < -0.3 is 11.1 Å². The first-order chi connectivity index (χ1) is 7.06. The molecular formula is C10H17N3OS. The number of nitrogens with zero attached hydrogens (tertiary/aromatic N) is 1. The van der Waals surface area contributed by atoms with Gasteiger partial charge in [-0.05, 0) is 13.3 Å². The van der Waals surface area contributed by atoms with Crippen molar-refractivity contribution >= 4 is 17.2 Å². The summed E-state index contributed by atoms with van der Waals surface area (Å²) in [5.41, 5.74) is 6.87. The maximum absolute atomic E-state index is 11.7. The van der Waals surface area contributed by atoms with Crippen molar-refractivity contribution in [2.24, 2.45) is 5.73 Å². The zero-order valence-electron chi connectivity index (χ0n) is 9.12. The summed E-state index contributed by atoms with van der Waals surface area (Å²) in [6, 6.07) is 0. The second kappa shape index (κ2) is 5.23. The van der Waals surface area contributed by atoms with Crippen LogP contribution in [0.25, 0.3) is 0 Å². The molecule has 1 rings (SSSR count). The smallest absolute Gasteiger partial charge is 0.240 e. The van der Waals surface area contributed by atoms with E-state index in [1.165, 1.54) is 11.3 Å². The zero-order valence-corrected chi connectivity index (χ0v) is 9.93. The Morgan fingerprint density at radius 1 is 1.73 bits per heavy atom. The molecule has 1 aromatic heterocycles. The van der Waals surface area contributed by atoms with Gasteiger partial charge in [0, 0.05) is 11.1 Å². The lowest BCUT2D eigenvalue weighted by Crippen LogP contribution is -2.51. The van der Waals surface area contributed by atoms with E-state index in [0.29, 0.717) is 13.0 Å². The van der Waals surface area contributed by atoms with Crippen LogP contribution in [0, 0.1) is 0 Å². The Labute approximate surface area is 93.9 Å². The minimum Gasteiger partial charge on any atom is -0.350 e. The normalized spacial score (nSPS) is 14.6. The molecule has 1 unspecified atom stereocenters. The maximum Gasteiger partial charge on any atom is 0.240 e. The third-order valence-corrected chi connectivity index (χ3v) is 2.97. The highest BCUT2D eigenvalue weighted by molar-refractivity contribution is 7.09. The Morgan fingerprint density at radius 2 is 2.47 bits per heavy atom. The Hall–Kier alpha value is -0.940.